The minimum absolute atomic E-state index is 0.446. The Balaban J connectivity index is 2.18. The molecule has 0 aliphatic heterocycles. The second-order valence-electron chi connectivity index (χ2n) is 5.11. The molecule has 1 aromatic heterocycles. The molecule has 1 heterocycles. The number of pyridine rings is 1. The molecule has 0 atom stereocenters. The van der Waals surface area contributed by atoms with E-state index in [9.17, 15) is 4.79 Å². The SMILES string of the molecule is Cc1ccc(-c2cccnc2)cc1-c1cc[c]cc1C(N)=O. The molecule has 0 aliphatic carbocycles. The van der Waals surface area contributed by atoms with E-state index in [0.29, 0.717) is 5.56 Å². The van der Waals surface area contributed by atoms with Gasteiger partial charge in [-0.1, -0.05) is 30.3 Å². The molecule has 0 saturated heterocycles. The van der Waals surface area contributed by atoms with Crippen molar-refractivity contribution in [2.45, 2.75) is 6.92 Å². The van der Waals surface area contributed by atoms with Gasteiger partial charge in [-0.3, -0.25) is 9.78 Å². The molecular formula is C19H15N2O. The van der Waals surface area contributed by atoms with Crippen LogP contribution < -0.4 is 5.73 Å². The van der Waals surface area contributed by atoms with Crippen LogP contribution in [0.3, 0.4) is 0 Å². The number of carbonyl (C=O) groups is 1. The molecule has 3 rings (SSSR count). The first-order valence-electron chi connectivity index (χ1n) is 6.98. The Kier molecular flexibility index (Phi) is 3.71. The topological polar surface area (TPSA) is 56.0 Å². The number of nitrogens with two attached hydrogens (primary N) is 1. The number of rotatable bonds is 3. The minimum atomic E-state index is -0.446. The molecule has 1 radical (unpaired) electrons. The van der Waals surface area contributed by atoms with E-state index in [-0.39, 0.29) is 0 Å². The van der Waals surface area contributed by atoms with Crippen LogP contribution in [0.4, 0.5) is 0 Å². The standard InChI is InChI=1S/C19H15N2O/c1-13-8-9-14(15-5-4-10-21-12-15)11-18(13)16-6-2-3-7-17(16)19(20)22/h2,4-12H,1H3,(H2,20,22). The molecule has 1 amide bonds. The lowest BCUT2D eigenvalue weighted by Gasteiger charge is -2.12. The van der Waals surface area contributed by atoms with Crippen LogP contribution in [0.15, 0.2) is 60.9 Å². The molecule has 2 aromatic carbocycles. The first kappa shape index (κ1) is 14.0. The van der Waals surface area contributed by atoms with Gasteiger partial charge in [0.05, 0.1) is 0 Å². The number of hydrogen-bond donors (Lipinski definition) is 1. The highest BCUT2D eigenvalue weighted by atomic mass is 16.1. The Bertz CT molecular complexity index is 826. The van der Waals surface area contributed by atoms with Gasteiger partial charge in [-0.25, -0.2) is 0 Å². The first-order valence-corrected chi connectivity index (χ1v) is 6.98. The summed E-state index contributed by atoms with van der Waals surface area (Å²) in [7, 11) is 0. The van der Waals surface area contributed by atoms with Crippen molar-refractivity contribution in [2.24, 2.45) is 5.73 Å². The van der Waals surface area contributed by atoms with Crippen LogP contribution in [0, 0.1) is 13.0 Å². The number of primary amides is 1. The molecule has 0 unspecified atom stereocenters. The quantitative estimate of drug-likeness (QED) is 0.799. The molecule has 107 valence electrons. The fourth-order valence-corrected chi connectivity index (χ4v) is 2.49. The summed E-state index contributed by atoms with van der Waals surface area (Å²) in [5.41, 5.74) is 11.0. The van der Waals surface area contributed by atoms with E-state index < -0.39 is 5.91 Å². The van der Waals surface area contributed by atoms with Crippen LogP contribution in [0.5, 0.6) is 0 Å². The van der Waals surface area contributed by atoms with Gasteiger partial charge in [-0.15, -0.1) is 0 Å². The third-order valence-electron chi connectivity index (χ3n) is 3.65. The molecule has 0 fully saturated rings. The lowest BCUT2D eigenvalue weighted by atomic mass is 9.92. The summed E-state index contributed by atoms with van der Waals surface area (Å²) in [4.78, 5) is 15.8. The van der Waals surface area contributed by atoms with Crippen molar-refractivity contribution in [3.05, 3.63) is 78.1 Å². The lowest BCUT2D eigenvalue weighted by molar-refractivity contribution is 0.100. The molecule has 0 saturated carbocycles. The van der Waals surface area contributed by atoms with E-state index >= 15 is 0 Å². The summed E-state index contributed by atoms with van der Waals surface area (Å²) in [6.07, 6.45) is 3.57. The van der Waals surface area contributed by atoms with E-state index in [2.05, 4.69) is 23.2 Å². The van der Waals surface area contributed by atoms with Crippen LogP contribution >= 0.6 is 0 Å². The molecule has 0 aliphatic rings. The van der Waals surface area contributed by atoms with Crippen LogP contribution in [0.1, 0.15) is 15.9 Å². The zero-order chi connectivity index (χ0) is 15.5. The Morgan fingerprint density at radius 1 is 1.14 bits per heavy atom. The molecule has 0 bridgehead atoms. The number of benzene rings is 2. The van der Waals surface area contributed by atoms with Crippen LogP contribution in [0.25, 0.3) is 22.3 Å². The summed E-state index contributed by atoms with van der Waals surface area (Å²) < 4.78 is 0. The van der Waals surface area contributed by atoms with Gasteiger partial charge >= 0.3 is 0 Å². The van der Waals surface area contributed by atoms with Crippen molar-refractivity contribution in [2.75, 3.05) is 0 Å². The van der Waals surface area contributed by atoms with Crippen molar-refractivity contribution in [1.82, 2.24) is 4.98 Å². The first-order chi connectivity index (χ1) is 10.7. The molecule has 22 heavy (non-hydrogen) atoms. The van der Waals surface area contributed by atoms with Gasteiger partial charge in [0.15, 0.2) is 0 Å². The summed E-state index contributed by atoms with van der Waals surface area (Å²) >= 11 is 0. The van der Waals surface area contributed by atoms with Crippen molar-refractivity contribution in [3.63, 3.8) is 0 Å². The molecule has 3 aromatic rings. The number of carbonyl (C=O) groups excluding carboxylic acids is 1. The van der Waals surface area contributed by atoms with E-state index in [0.717, 1.165) is 27.8 Å². The maximum atomic E-state index is 11.7. The normalized spacial score (nSPS) is 10.4. The zero-order valence-corrected chi connectivity index (χ0v) is 12.2. The van der Waals surface area contributed by atoms with Crippen LogP contribution in [-0.4, -0.2) is 10.9 Å². The Hall–Kier alpha value is -2.94. The average Bonchev–Trinajstić information content (AvgIpc) is 2.56. The summed E-state index contributed by atoms with van der Waals surface area (Å²) in [6, 6.07) is 18.3. The number of hydrogen-bond acceptors (Lipinski definition) is 2. The maximum absolute atomic E-state index is 11.7. The number of amides is 1. The van der Waals surface area contributed by atoms with E-state index in [1.807, 2.05) is 37.4 Å². The predicted molar refractivity (Wildman–Crippen MR) is 87.2 cm³/mol. The fourth-order valence-electron chi connectivity index (χ4n) is 2.49. The maximum Gasteiger partial charge on any atom is 0.249 e. The highest BCUT2D eigenvalue weighted by Crippen LogP contribution is 2.31. The van der Waals surface area contributed by atoms with Gasteiger partial charge in [0, 0.05) is 23.5 Å². The second kappa shape index (κ2) is 5.82. The highest BCUT2D eigenvalue weighted by Gasteiger charge is 2.12. The lowest BCUT2D eigenvalue weighted by Crippen LogP contribution is -2.12. The molecule has 2 N–H and O–H groups in total. The Morgan fingerprint density at radius 2 is 2.00 bits per heavy atom. The third-order valence-corrected chi connectivity index (χ3v) is 3.65. The van der Waals surface area contributed by atoms with Crippen molar-refractivity contribution < 1.29 is 4.79 Å². The van der Waals surface area contributed by atoms with Gasteiger partial charge in [0.1, 0.15) is 0 Å². The van der Waals surface area contributed by atoms with Gasteiger partial charge < -0.3 is 5.73 Å². The zero-order valence-electron chi connectivity index (χ0n) is 12.2. The van der Waals surface area contributed by atoms with Gasteiger partial charge in [-0.2, -0.15) is 0 Å². The minimum Gasteiger partial charge on any atom is -0.366 e. The van der Waals surface area contributed by atoms with Crippen molar-refractivity contribution in [1.29, 1.82) is 0 Å². The number of nitrogens with zero attached hydrogens (tertiary/aromatic N) is 1. The second-order valence-corrected chi connectivity index (χ2v) is 5.11. The number of aryl methyl sites for hydroxylation is 1. The van der Waals surface area contributed by atoms with Crippen molar-refractivity contribution in [3.8, 4) is 22.3 Å². The van der Waals surface area contributed by atoms with Crippen LogP contribution in [-0.2, 0) is 0 Å². The highest BCUT2D eigenvalue weighted by molar-refractivity contribution is 6.00. The van der Waals surface area contributed by atoms with E-state index in [4.69, 9.17) is 5.73 Å². The molecule has 3 nitrogen and oxygen atoms in total. The largest absolute Gasteiger partial charge is 0.366 e. The monoisotopic (exact) mass is 287 g/mol. The van der Waals surface area contributed by atoms with Gasteiger partial charge in [-0.05, 0) is 53.4 Å². The fraction of sp³-hybridized carbons (Fsp3) is 0.0526. The van der Waals surface area contributed by atoms with E-state index in [1.165, 1.54) is 0 Å². The number of aromatic nitrogens is 1. The molecule has 3 heteroatoms. The van der Waals surface area contributed by atoms with Crippen LogP contribution in [0.2, 0.25) is 0 Å². The summed E-state index contributed by atoms with van der Waals surface area (Å²) in [5.74, 6) is -0.446. The van der Waals surface area contributed by atoms with Gasteiger partial charge in [0.2, 0.25) is 5.91 Å². The summed E-state index contributed by atoms with van der Waals surface area (Å²) in [5, 5.41) is 0. The predicted octanol–water partition coefficient (Wildman–Crippen LogP) is 3.62. The van der Waals surface area contributed by atoms with E-state index in [1.54, 1.807) is 18.3 Å². The third kappa shape index (κ3) is 2.61. The Labute approximate surface area is 129 Å². The molecule has 0 spiro atoms. The Morgan fingerprint density at radius 3 is 2.73 bits per heavy atom. The average molecular weight is 287 g/mol. The molecular weight excluding hydrogens is 272 g/mol. The van der Waals surface area contributed by atoms with Gasteiger partial charge in [0.25, 0.3) is 0 Å². The summed E-state index contributed by atoms with van der Waals surface area (Å²) in [6.45, 7) is 2.02. The smallest absolute Gasteiger partial charge is 0.249 e. The van der Waals surface area contributed by atoms with Crippen molar-refractivity contribution >= 4 is 5.91 Å².